The van der Waals surface area contributed by atoms with Gasteiger partial charge in [0.25, 0.3) is 0 Å². The van der Waals surface area contributed by atoms with Crippen molar-refractivity contribution in [1.29, 1.82) is 0 Å². The summed E-state index contributed by atoms with van der Waals surface area (Å²) in [6.45, 7) is 5.96. The zero-order chi connectivity index (χ0) is 12.8. The second-order valence-electron chi connectivity index (χ2n) is 3.89. The Kier molecular flexibility index (Phi) is 5.28. The van der Waals surface area contributed by atoms with Crippen LogP contribution in [0.4, 0.5) is 0 Å². The number of benzene rings is 1. The van der Waals surface area contributed by atoms with E-state index in [9.17, 15) is 0 Å². The summed E-state index contributed by atoms with van der Waals surface area (Å²) in [7, 11) is 0. The Hall–Kier alpha value is -0.780. The number of thiazole rings is 1. The van der Waals surface area contributed by atoms with Crippen molar-refractivity contribution in [1.82, 2.24) is 9.71 Å². The molecule has 0 radical (unpaired) electrons. The number of nitrogens with one attached hydrogen (secondary N) is 1. The van der Waals surface area contributed by atoms with Gasteiger partial charge in [0.15, 0.2) is 4.34 Å². The zero-order valence-corrected chi connectivity index (χ0v) is 12.4. The van der Waals surface area contributed by atoms with E-state index in [1.54, 1.807) is 23.3 Å². The van der Waals surface area contributed by atoms with Gasteiger partial charge in [-0.1, -0.05) is 26.3 Å². The van der Waals surface area contributed by atoms with Crippen LogP contribution < -0.4 is 9.46 Å². The highest BCUT2D eigenvalue weighted by Gasteiger charge is 2.09. The monoisotopic (exact) mass is 282 g/mol. The first-order chi connectivity index (χ1) is 8.85. The van der Waals surface area contributed by atoms with Gasteiger partial charge in [0.1, 0.15) is 5.75 Å². The zero-order valence-electron chi connectivity index (χ0n) is 10.7. The topological polar surface area (TPSA) is 34.1 Å². The molecule has 1 aromatic heterocycles. The fraction of sp³-hybridized carbons (Fsp3) is 0.462. The lowest BCUT2D eigenvalue weighted by Crippen LogP contribution is -1.99. The number of hydrogen-bond acceptors (Lipinski definition) is 5. The van der Waals surface area contributed by atoms with Crippen molar-refractivity contribution < 1.29 is 4.74 Å². The maximum Gasteiger partial charge on any atom is 0.166 e. The number of nitrogens with zero attached hydrogens (tertiary/aromatic N) is 1. The summed E-state index contributed by atoms with van der Waals surface area (Å²) in [6, 6.07) is 6.07. The van der Waals surface area contributed by atoms with Crippen molar-refractivity contribution in [3.63, 3.8) is 0 Å². The van der Waals surface area contributed by atoms with Crippen molar-refractivity contribution >= 4 is 33.5 Å². The van der Waals surface area contributed by atoms with Crippen LogP contribution in [0.5, 0.6) is 5.75 Å². The summed E-state index contributed by atoms with van der Waals surface area (Å²) in [5.41, 5.74) is 1.02. The van der Waals surface area contributed by atoms with Gasteiger partial charge in [0, 0.05) is 6.54 Å². The molecule has 1 N–H and O–H groups in total. The Balaban J connectivity index is 2.16. The summed E-state index contributed by atoms with van der Waals surface area (Å²) >= 11 is 3.27. The van der Waals surface area contributed by atoms with Gasteiger partial charge >= 0.3 is 0 Å². The summed E-state index contributed by atoms with van der Waals surface area (Å²) < 4.78 is 11.2. The van der Waals surface area contributed by atoms with Crippen molar-refractivity contribution in [2.45, 2.75) is 31.0 Å². The van der Waals surface area contributed by atoms with E-state index in [4.69, 9.17) is 4.74 Å². The molecule has 0 fully saturated rings. The highest BCUT2D eigenvalue weighted by Crippen LogP contribution is 2.34. The Labute approximate surface area is 116 Å². The Morgan fingerprint density at radius 1 is 1.39 bits per heavy atom. The van der Waals surface area contributed by atoms with Crippen LogP contribution in [0.25, 0.3) is 10.2 Å². The van der Waals surface area contributed by atoms with Crippen LogP contribution in [-0.2, 0) is 0 Å². The predicted octanol–water partition coefficient (Wildman–Crippen LogP) is 4.09. The summed E-state index contributed by atoms with van der Waals surface area (Å²) in [6.07, 6.45) is 2.24. The minimum atomic E-state index is 0.781. The Morgan fingerprint density at radius 3 is 3.06 bits per heavy atom. The molecule has 0 aliphatic rings. The molecule has 0 bridgehead atoms. The molecule has 5 heteroatoms. The van der Waals surface area contributed by atoms with Gasteiger partial charge in [-0.3, -0.25) is 4.72 Å². The highest BCUT2D eigenvalue weighted by atomic mass is 32.2. The van der Waals surface area contributed by atoms with Crippen molar-refractivity contribution in [2.75, 3.05) is 13.2 Å². The molecular weight excluding hydrogens is 264 g/mol. The van der Waals surface area contributed by atoms with E-state index < -0.39 is 0 Å². The maximum absolute atomic E-state index is 5.82. The smallest absolute Gasteiger partial charge is 0.166 e. The fourth-order valence-corrected chi connectivity index (χ4v) is 3.29. The molecule has 0 aliphatic carbocycles. The van der Waals surface area contributed by atoms with Crippen molar-refractivity contribution in [3.8, 4) is 5.75 Å². The van der Waals surface area contributed by atoms with Gasteiger partial charge in [-0.05, 0) is 30.5 Å². The molecule has 1 aromatic carbocycles. The molecule has 0 aliphatic heterocycles. The molecule has 2 aromatic rings. The number of unbranched alkanes of at least 4 members (excludes halogenated alkanes) is 1. The van der Waals surface area contributed by atoms with Crippen molar-refractivity contribution in [2.24, 2.45) is 0 Å². The molecular formula is C13H18N2OS2. The molecule has 0 atom stereocenters. The van der Waals surface area contributed by atoms with E-state index in [0.29, 0.717) is 0 Å². The van der Waals surface area contributed by atoms with Gasteiger partial charge < -0.3 is 4.74 Å². The molecule has 18 heavy (non-hydrogen) atoms. The minimum Gasteiger partial charge on any atom is -0.492 e. The molecule has 2 rings (SSSR count). The Morgan fingerprint density at radius 2 is 2.28 bits per heavy atom. The minimum absolute atomic E-state index is 0.781. The number of aromatic nitrogens is 1. The summed E-state index contributed by atoms with van der Waals surface area (Å²) in [4.78, 5) is 4.58. The molecule has 0 spiro atoms. The second kappa shape index (κ2) is 6.97. The summed E-state index contributed by atoms with van der Waals surface area (Å²) in [5.74, 6) is 0.960. The van der Waals surface area contributed by atoms with E-state index in [2.05, 4.69) is 23.6 Å². The number of hydrogen-bond donors (Lipinski definition) is 1. The predicted molar refractivity (Wildman–Crippen MR) is 79.6 cm³/mol. The van der Waals surface area contributed by atoms with E-state index in [1.165, 1.54) is 0 Å². The highest BCUT2D eigenvalue weighted by molar-refractivity contribution is 7.99. The van der Waals surface area contributed by atoms with Gasteiger partial charge in [-0.25, -0.2) is 4.98 Å². The molecule has 98 valence electrons. The van der Waals surface area contributed by atoms with Gasteiger partial charge in [0.2, 0.25) is 0 Å². The number of fused-ring (bicyclic) bond motifs is 1. The molecule has 0 unspecified atom stereocenters. The molecule has 3 nitrogen and oxygen atoms in total. The largest absolute Gasteiger partial charge is 0.492 e. The number of ether oxygens (including phenoxy) is 1. The molecule has 0 amide bonds. The van der Waals surface area contributed by atoms with Crippen molar-refractivity contribution in [3.05, 3.63) is 18.2 Å². The van der Waals surface area contributed by atoms with Crippen LogP contribution in [0.2, 0.25) is 0 Å². The third-order valence-electron chi connectivity index (χ3n) is 2.42. The lowest BCUT2D eigenvalue weighted by Gasteiger charge is -2.05. The van der Waals surface area contributed by atoms with Crippen LogP contribution in [0.1, 0.15) is 26.7 Å². The van der Waals surface area contributed by atoms with Gasteiger partial charge in [-0.2, -0.15) is 0 Å². The normalized spacial score (nSPS) is 11.0. The van der Waals surface area contributed by atoms with Crippen LogP contribution in [0, 0.1) is 0 Å². The average Bonchev–Trinajstić information content (AvgIpc) is 2.80. The first-order valence-corrected chi connectivity index (χ1v) is 7.90. The number of rotatable bonds is 7. The van der Waals surface area contributed by atoms with Crippen LogP contribution in [0.3, 0.4) is 0 Å². The fourth-order valence-electron chi connectivity index (χ4n) is 1.52. The van der Waals surface area contributed by atoms with Crippen LogP contribution in [-0.4, -0.2) is 18.1 Å². The van der Waals surface area contributed by atoms with Crippen LogP contribution in [0.15, 0.2) is 22.5 Å². The first kappa shape index (κ1) is 13.6. The molecule has 1 heterocycles. The lowest BCUT2D eigenvalue weighted by atomic mass is 10.3. The van der Waals surface area contributed by atoms with Crippen LogP contribution >= 0.6 is 23.3 Å². The first-order valence-electron chi connectivity index (χ1n) is 6.27. The van der Waals surface area contributed by atoms with E-state index in [-0.39, 0.29) is 0 Å². The third kappa shape index (κ3) is 3.37. The molecule has 0 saturated carbocycles. The quantitative estimate of drug-likeness (QED) is 0.612. The van der Waals surface area contributed by atoms with E-state index in [0.717, 1.165) is 46.3 Å². The summed E-state index contributed by atoms with van der Waals surface area (Å²) in [5, 5.41) is 0. The third-order valence-corrected chi connectivity index (χ3v) is 4.50. The SMILES string of the molecule is CCCCOc1cccc2nc(SNCC)sc12. The average molecular weight is 282 g/mol. The Bertz CT molecular complexity index is 499. The second-order valence-corrected chi connectivity index (χ2v) is 6.02. The maximum atomic E-state index is 5.82. The lowest BCUT2D eigenvalue weighted by molar-refractivity contribution is 0.313. The van der Waals surface area contributed by atoms with Gasteiger partial charge in [-0.15, -0.1) is 11.3 Å². The van der Waals surface area contributed by atoms with E-state index >= 15 is 0 Å². The van der Waals surface area contributed by atoms with E-state index in [1.807, 2.05) is 18.2 Å². The standard InChI is InChI=1S/C13H18N2OS2/c1-3-5-9-16-11-8-6-7-10-12(11)17-13(15-10)18-14-4-2/h6-8,14H,3-5,9H2,1-2H3. The van der Waals surface area contributed by atoms with Gasteiger partial charge in [0.05, 0.1) is 16.8 Å². The molecule has 0 saturated heterocycles.